The first-order valence-corrected chi connectivity index (χ1v) is 10.3. The van der Waals surface area contributed by atoms with Gasteiger partial charge >= 0.3 is 0 Å². The van der Waals surface area contributed by atoms with Gasteiger partial charge in [-0.1, -0.05) is 36.0 Å². The maximum atomic E-state index is 13.2. The number of hydrogen-bond acceptors (Lipinski definition) is 5. The molecule has 0 amide bonds. The van der Waals surface area contributed by atoms with E-state index in [0.29, 0.717) is 18.5 Å². The average Bonchev–Trinajstić information content (AvgIpc) is 3.00. The number of imidazole rings is 1. The Morgan fingerprint density at radius 3 is 2.88 bits per heavy atom. The van der Waals surface area contributed by atoms with Crippen molar-refractivity contribution in [3.63, 3.8) is 0 Å². The second-order valence-corrected chi connectivity index (χ2v) is 8.95. The third kappa shape index (κ3) is 3.02. The summed E-state index contributed by atoms with van der Waals surface area (Å²) in [4.78, 5) is 19.8. The number of ether oxygens (including phenoxy) is 1. The minimum Gasteiger partial charge on any atom is -0.370 e. The van der Waals surface area contributed by atoms with E-state index in [1.807, 2.05) is 50.3 Å². The van der Waals surface area contributed by atoms with Crippen LogP contribution in [0.25, 0.3) is 16.0 Å². The Bertz CT molecular complexity index is 1040. The van der Waals surface area contributed by atoms with Crippen molar-refractivity contribution in [3.05, 3.63) is 63.7 Å². The van der Waals surface area contributed by atoms with Gasteiger partial charge in [0.1, 0.15) is 10.3 Å². The molecule has 0 N–H and O–H groups in total. The lowest BCUT2D eigenvalue weighted by atomic mass is 9.95. The summed E-state index contributed by atoms with van der Waals surface area (Å²) in [5.74, 6) is 0.741. The van der Waals surface area contributed by atoms with Crippen molar-refractivity contribution in [1.82, 2.24) is 9.55 Å². The molecule has 1 aliphatic rings. The van der Waals surface area contributed by atoms with Crippen molar-refractivity contribution < 1.29 is 4.74 Å². The summed E-state index contributed by atoms with van der Waals surface area (Å²) >= 11 is 3.21. The molecular formula is C20H20N2O2S2. The van der Waals surface area contributed by atoms with Crippen molar-refractivity contribution in [2.24, 2.45) is 0 Å². The molecule has 2 aromatic heterocycles. The second kappa shape index (κ2) is 6.68. The van der Waals surface area contributed by atoms with Gasteiger partial charge in [-0.05, 0) is 26.0 Å². The van der Waals surface area contributed by atoms with Crippen LogP contribution >= 0.6 is 23.1 Å². The fourth-order valence-corrected chi connectivity index (χ4v) is 5.11. The minimum atomic E-state index is -0.311. The van der Waals surface area contributed by atoms with E-state index in [1.165, 1.54) is 0 Å². The van der Waals surface area contributed by atoms with Crippen LogP contribution in [0, 0.1) is 0 Å². The summed E-state index contributed by atoms with van der Waals surface area (Å²) < 4.78 is 8.02. The van der Waals surface area contributed by atoms with Crippen LogP contribution in [-0.2, 0) is 17.8 Å². The third-order valence-electron chi connectivity index (χ3n) is 4.39. The maximum absolute atomic E-state index is 13.2. The van der Waals surface area contributed by atoms with E-state index in [4.69, 9.17) is 9.72 Å². The highest BCUT2D eigenvalue weighted by Gasteiger charge is 2.30. The molecule has 0 spiro atoms. The average molecular weight is 385 g/mol. The summed E-state index contributed by atoms with van der Waals surface area (Å²) in [5, 5.41) is 0.821. The van der Waals surface area contributed by atoms with Crippen molar-refractivity contribution in [1.29, 1.82) is 0 Å². The first-order valence-electron chi connectivity index (χ1n) is 8.50. The van der Waals surface area contributed by atoms with E-state index >= 15 is 0 Å². The van der Waals surface area contributed by atoms with E-state index in [1.54, 1.807) is 23.1 Å². The molecule has 0 aliphatic carbocycles. The molecule has 3 heterocycles. The molecule has 0 unspecified atom stereocenters. The van der Waals surface area contributed by atoms with Crippen LogP contribution in [0.3, 0.4) is 0 Å². The molecule has 4 rings (SSSR count). The zero-order valence-corrected chi connectivity index (χ0v) is 16.5. The van der Waals surface area contributed by atoms with Crippen molar-refractivity contribution >= 4 is 33.4 Å². The summed E-state index contributed by atoms with van der Waals surface area (Å²) in [7, 11) is 0. The highest BCUT2D eigenvalue weighted by atomic mass is 32.2. The van der Waals surface area contributed by atoms with E-state index in [0.717, 1.165) is 31.9 Å². The fraction of sp³-hybridized carbons (Fsp3) is 0.300. The van der Waals surface area contributed by atoms with E-state index in [2.05, 4.69) is 11.1 Å². The first-order chi connectivity index (χ1) is 12.5. The number of benzene rings is 1. The van der Waals surface area contributed by atoms with Gasteiger partial charge in [0.2, 0.25) is 5.43 Å². The van der Waals surface area contributed by atoms with Crippen LogP contribution in [0.4, 0.5) is 0 Å². The smallest absolute Gasteiger partial charge is 0.211 e. The van der Waals surface area contributed by atoms with Crippen molar-refractivity contribution in [2.45, 2.75) is 37.6 Å². The lowest BCUT2D eigenvalue weighted by Gasteiger charge is -2.30. The normalized spacial score (nSPS) is 15.8. The third-order valence-corrected chi connectivity index (χ3v) is 6.51. The molecule has 1 aliphatic heterocycles. The number of para-hydroxylation sites is 1. The molecule has 0 bridgehead atoms. The molecule has 0 fully saturated rings. The van der Waals surface area contributed by atoms with E-state index in [9.17, 15) is 4.79 Å². The number of rotatable bonds is 4. The summed E-state index contributed by atoms with van der Waals surface area (Å²) in [6, 6.07) is 10.1. The predicted molar refractivity (Wildman–Crippen MR) is 109 cm³/mol. The van der Waals surface area contributed by atoms with Gasteiger partial charge < -0.3 is 4.74 Å². The number of hydrogen-bond donors (Lipinski definition) is 0. The Morgan fingerprint density at radius 2 is 2.15 bits per heavy atom. The van der Waals surface area contributed by atoms with Crippen LogP contribution in [0.1, 0.15) is 24.3 Å². The topological polar surface area (TPSA) is 44.1 Å². The molecule has 0 atom stereocenters. The number of thioether (sulfide) groups is 1. The molecular weight excluding hydrogens is 364 g/mol. The highest BCUT2D eigenvalue weighted by molar-refractivity contribution is 7.99. The van der Waals surface area contributed by atoms with Gasteiger partial charge in [-0.2, -0.15) is 0 Å². The van der Waals surface area contributed by atoms with Crippen LogP contribution in [0.5, 0.6) is 0 Å². The summed E-state index contributed by atoms with van der Waals surface area (Å²) in [5.41, 5.74) is 2.16. The Balaban J connectivity index is 1.98. The van der Waals surface area contributed by atoms with E-state index in [-0.39, 0.29) is 11.0 Å². The molecule has 1 aromatic carbocycles. The Morgan fingerprint density at radius 1 is 1.38 bits per heavy atom. The maximum Gasteiger partial charge on any atom is 0.211 e. The molecule has 3 aromatic rings. The Kier molecular flexibility index (Phi) is 4.50. The molecule has 6 heteroatoms. The quantitative estimate of drug-likeness (QED) is 0.488. The van der Waals surface area contributed by atoms with Crippen molar-refractivity contribution in [3.8, 4) is 5.69 Å². The summed E-state index contributed by atoms with van der Waals surface area (Å²) in [6.07, 6.45) is 2.48. The Labute approximate surface area is 160 Å². The number of fused-ring (bicyclic) bond motifs is 2. The summed E-state index contributed by atoms with van der Waals surface area (Å²) in [6.45, 7) is 8.33. The van der Waals surface area contributed by atoms with Gasteiger partial charge in [-0.25, -0.2) is 4.98 Å². The van der Waals surface area contributed by atoms with Gasteiger partial charge in [0.25, 0.3) is 0 Å². The molecule has 0 radical (unpaired) electrons. The van der Waals surface area contributed by atoms with Crippen LogP contribution in [0.2, 0.25) is 0 Å². The van der Waals surface area contributed by atoms with Gasteiger partial charge in [-0.15, -0.1) is 17.9 Å². The number of nitrogens with zero attached hydrogens (tertiary/aromatic N) is 2. The van der Waals surface area contributed by atoms with Crippen molar-refractivity contribution in [2.75, 3.05) is 5.75 Å². The largest absolute Gasteiger partial charge is 0.370 e. The Hall–Kier alpha value is -1.89. The monoisotopic (exact) mass is 384 g/mol. The number of aromatic nitrogens is 2. The lowest BCUT2D eigenvalue weighted by Crippen LogP contribution is -2.34. The molecule has 26 heavy (non-hydrogen) atoms. The lowest BCUT2D eigenvalue weighted by molar-refractivity contribution is -0.0386. The minimum absolute atomic E-state index is 0.0419. The fourth-order valence-electron chi connectivity index (χ4n) is 3.14. The van der Waals surface area contributed by atoms with E-state index < -0.39 is 0 Å². The second-order valence-electron chi connectivity index (χ2n) is 6.88. The molecule has 0 saturated carbocycles. The zero-order valence-electron chi connectivity index (χ0n) is 14.8. The van der Waals surface area contributed by atoms with Crippen LogP contribution in [0.15, 0.2) is 52.9 Å². The van der Waals surface area contributed by atoms with Crippen LogP contribution < -0.4 is 5.43 Å². The van der Waals surface area contributed by atoms with Crippen LogP contribution in [-0.4, -0.2) is 20.9 Å². The SMILES string of the molecule is C=CCSc1nc2c(=O)c3c(sc2n1-c1ccccc1)COC(C)(C)C3. The zero-order chi connectivity index (χ0) is 18.3. The predicted octanol–water partition coefficient (Wildman–Crippen LogP) is 4.58. The molecule has 4 nitrogen and oxygen atoms in total. The standard InChI is InChI=1S/C20H20N2O2S2/c1-4-10-25-19-21-16-17(23)14-11-20(2,3)24-12-15(14)26-18(16)22(19)13-8-6-5-7-9-13/h4-9H,1,10-12H2,2-3H3. The molecule has 134 valence electrons. The van der Waals surface area contributed by atoms with Gasteiger partial charge in [0.05, 0.1) is 12.2 Å². The highest BCUT2D eigenvalue weighted by Crippen LogP contribution is 2.35. The van der Waals surface area contributed by atoms with Gasteiger partial charge in [-0.3, -0.25) is 9.36 Å². The van der Waals surface area contributed by atoms with Gasteiger partial charge in [0, 0.05) is 28.3 Å². The first kappa shape index (κ1) is 17.5. The molecule has 0 saturated heterocycles. The van der Waals surface area contributed by atoms with Gasteiger partial charge in [0.15, 0.2) is 5.16 Å².